The molecule has 48 heavy (non-hydrogen) atoms. The molecule has 0 saturated carbocycles. The predicted octanol–water partition coefficient (Wildman–Crippen LogP) is 10.5. The fourth-order valence-electron chi connectivity index (χ4n) is 5.89. The number of aromatic nitrogens is 4. The summed E-state index contributed by atoms with van der Waals surface area (Å²) in [5.41, 5.74) is 11.7. The first kappa shape index (κ1) is 35.2. The SMILES string of the molecule is Cc1ccnc(-c2[c-]c(-c3cccc4c3nc(-c3cnccc3O)n4-c3cc(C(C)(C)C)cc(C(C)(C)C)c3)cc(C(C)(C)C)c2)c1.[Pt]. The maximum Gasteiger partial charge on any atom is 0.150 e. The molecule has 6 rings (SSSR count). The van der Waals surface area contributed by atoms with Crippen LogP contribution in [0.3, 0.4) is 0 Å². The fourth-order valence-corrected chi connectivity index (χ4v) is 5.89. The van der Waals surface area contributed by atoms with Gasteiger partial charge in [0.2, 0.25) is 0 Å². The molecule has 0 unspecified atom stereocenters. The molecule has 0 amide bonds. The molecule has 0 aliphatic carbocycles. The minimum atomic E-state index is -0.0981. The fraction of sp³-hybridized carbons (Fsp3) is 0.310. The van der Waals surface area contributed by atoms with Crippen LogP contribution in [0.5, 0.6) is 5.75 Å². The molecule has 0 aliphatic heterocycles. The van der Waals surface area contributed by atoms with E-state index in [1.807, 2.05) is 12.3 Å². The van der Waals surface area contributed by atoms with Crippen molar-refractivity contribution < 1.29 is 26.2 Å². The number of fused-ring (bicyclic) bond motifs is 1. The van der Waals surface area contributed by atoms with Crippen LogP contribution < -0.4 is 0 Å². The molecule has 0 bridgehead atoms. The Hall–Kier alpha value is -4.08. The van der Waals surface area contributed by atoms with Crippen LogP contribution in [0.25, 0.3) is 50.5 Å². The standard InChI is InChI=1S/C42H45N4O.Pt/c1-26-14-17-44-35(18-26)28-19-27(20-29(21-28)40(2,3)4)33-12-11-13-36-38(33)45-39(34-25-43-16-15-37(34)47)46(36)32-23-30(41(5,6)7)22-31(24-32)42(8,9)10;/h11-18,20-25H,1-10H3,(H,43,47);/q-1;. The van der Waals surface area contributed by atoms with Crippen molar-refractivity contribution in [2.45, 2.75) is 85.5 Å². The number of hydrogen-bond donors (Lipinski definition) is 1. The van der Waals surface area contributed by atoms with E-state index in [1.54, 1.807) is 18.5 Å². The van der Waals surface area contributed by atoms with E-state index in [2.05, 4.69) is 139 Å². The molecule has 6 heteroatoms. The quantitative estimate of drug-likeness (QED) is 0.180. The van der Waals surface area contributed by atoms with Gasteiger partial charge in [-0.1, -0.05) is 103 Å². The van der Waals surface area contributed by atoms with Gasteiger partial charge in [0, 0.05) is 51.0 Å². The Morgan fingerprint density at radius 1 is 0.688 bits per heavy atom. The van der Waals surface area contributed by atoms with Crippen molar-refractivity contribution in [2.24, 2.45) is 0 Å². The second kappa shape index (κ2) is 12.7. The van der Waals surface area contributed by atoms with Crippen LogP contribution in [0.1, 0.15) is 84.6 Å². The Kier molecular flexibility index (Phi) is 9.36. The van der Waals surface area contributed by atoms with Gasteiger partial charge in [-0.05, 0) is 64.6 Å². The average Bonchev–Trinajstić information content (AvgIpc) is 3.39. The number of rotatable bonds is 4. The summed E-state index contributed by atoms with van der Waals surface area (Å²) in [4.78, 5) is 14.4. The van der Waals surface area contributed by atoms with Gasteiger partial charge in [0.15, 0.2) is 0 Å². The second-order valence-electron chi connectivity index (χ2n) is 15.8. The van der Waals surface area contributed by atoms with Gasteiger partial charge in [0.25, 0.3) is 0 Å². The summed E-state index contributed by atoms with van der Waals surface area (Å²) in [6, 6.07) is 27.0. The monoisotopic (exact) mass is 816 g/mol. The Labute approximate surface area is 299 Å². The summed E-state index contributed by atoms with van der Waals surface area (Å²) < 4.78 is 2.18. The number of aromatic hydroxyl groups is 1. The van der Waals surface area contributed by atoms with E-state index in [0.717, 1.165) is 44.7 Å². The van der Waals surface area contributed by atoms with Crippen LogP contribution in [-0.4, -0.2) is 24.6 Å². The van der Waals surface area contributed by atoms with Crippen LogP contribution in [-0.2, 0) is 37.3 Å². The maximum atomic E-state index is 11.1. The largest absolute Gasteiger partial charge is 0.507 e. The summed E-state index contributed by atoms with van der Waals surface area (Å²) in [6.07, 6.45) is 5.15. The molecule has 0 atom stereocenters. The van der Waals surface area contributed by atoms with Gasteiger partial charge in [-0.15, -0.1) is 29.3 Å². The second-order valence-corrected chi connectivity index (χ2v) is 15.8. The van der Waals surface area contributed by atoms with Crippen LogP contribution >= 0.6 is 0 Å². The zero-order valence-corrected chi connectivity index (χ0v) is 31.9. The normalized spacial score (nSPS) is 12.3. The molecule has 0 fully saturated rings. The molecule has 0 radical (unpaired) electrons. The molecule has 3 heterocycles. The zero-order chi connectivity index (χ0) is 33.9. The number of imidazole rings is 1. The van der Waals surface area contributed by atoms with Crippen molar-refractivity contribution in [1.82, 2.24) is 19.5 Å². The van der Waals surface area contributed by atoms with Crippen molar-refractivity contribution in [3.05, 3.63) is 114 Å². The van der Waals surface area contributed by atoms with E-state index in [-0.39, 0.29) is 43.1 Å². The van der Waals surface area contributed by atoms with Crippen LogP contribution in [0.15, 0.2) is 85.3 Å². The molecule has 3 aromatic heterocycles. The number of nitrogens with zero attached hydrogens (tertiary/aromatic N) is 4. The number of pyridine rings is 2. The molecular formula is C42H45N4OPt-. The van der Waals surface area contributed by atoms with E-state index in [1.165, 1.54) is 16.7 Å². The van der Waals surface area contributed by atoms with Crippen LogP contribution in [0.2, 0.25) is 0 Å². The number of para-hydroxylation sites is 1. The molecule has 250 valence electrons. The third-order valence-corrected chi connectivity index (χ3v) is 8.85. The van der Waals surface area contributed by atoms with Gasteiger partial charge in [-0.2, -0.15) is 0 Å². The topological polar surface area (TPSA) is 63.8 Å². The Morgan fingerprint density at radius 3 is 1.92 bits per heavy atom. The third-order valence-electron chi connectivity index (χ3n) is 8.85. The molecular weight excluding hydrogens is 772 g/mol. The van der Waals surface area contributed by atoms with E-state index in [4.69, 9.17) is 9.97 Å². The summed E-state index contributed by atoms with van der Waals surface area (Å²) in [6.45, 7) is 22.2. The minimum absolute atomic E-state index is 0. The van der Waals surface area contributed by atoms with Gasteiger partial charge in [-0.25, -0.2) is 4.98 Å². The van der Waals surface area contributed by atoms with E-state index >= 15 is 0 Å². The number of benzene rings is 3. The molecule has 1 N–H and O–H groups in total. The third kappa shape index (κ3) is 6.89. The number of hydrogen-bond acceptors (Lipinski definition) is 4. The molecule has 0 spiro atoms. The van der Waals surface area contributed by atoms with Gasteiger partial charge < -0.3 is 5.11 Å². The molecule has 0 saturated heterocycles. The van der Waals surface area contributed by atoms with Crippen molar-refractivity contribution >= 4 is 11.0 Å². The summed E-state index contributed by atoms with van der Waals surface area (Å²) in [5.74, 6) is 0.770. The Balaban J connectivity index is 0.00000451. The zero-order valence-electron chi connectivity index (χ0n) is 29.6. The van der Waals surface area contributed by atoms with Crippen molar-refractivity contribution in [2.75, 3.05) is 0 Å². The van der Waals surface area contributed by atoms with Crippen molar-refractivity contribution in [1.29, 1.82) is 0 Å². The van der Waals surface area contributed by atoms with Gasteiger partial charge in [0.05, 0.1) is 16.6 Å². The molecule has 6 aromatic rings. The van der Waals surface area contributed by atoms with E-state index in [9.17, 15) is 5.11 Å². The molecule has 5 nitrogen and oxygen atoms in total. The molecule has 0 aliphatic rings. The van der Waals surface area contributed by atoms with Gasteiger partial charge in [-0.3, -0.25) is 14.5 Å². The Bertz CT molecular complexity index is 2090. The summed E-state index contributed by atoms with van der Waals surface area (Å²) in [5, 5.41) is 11.1. The van der Waals surface area contributed by atoms with E-state index in [0.29, 0.717) is 11.4 Å². The average molecular weight is 817 g/mol. The smallest absolute Gasteiger partial charge is 0.150 e. The van der Waals surface area contributed by atoms with Gasteiger partial charge >= 0.3 is 0 Å². The Morgan fingerprint density at radius 2 is 1.31 bits per heavy atom. The maximum absolute atomic E-state index is 11.1. The minimum Gasteiger partial charge on any atom is -0.507 e. The summed E-state index contributed by atoms with van der Waals surface area (Å²) in [7, 11) is 0. The van der Waals surface area contributed by atoms with Crippen LogP contribution in [0, 0.1) is 13.0 Å². The van der Waals surface area contributed by atoms with Gasteiger partial charge in [0.1, 0.15) is 11.6 Å². The van der Waals surface area contributed by atoms with Crippen molar-refractivity contribution in [3.8, 4) is 45.2 Å². The first-order chi connectivity index (χ1) is 22.0. The van der Waals surface area contributed by atoms with E-state index < -0.39 is 0 Å². The first-order valence-electron chi connectivity index (χ1n) is 16.3. The van der Waals surface area contributed by atoms with Crippen molar-refractivity contribution in [3.63, 3.8) is 0 Å². The molecule has 3 aromatic carbocycles. The summed E-state index contributed by atoms with van der Waals surface area (Å²) >= 11 is 0. The predicted molar refractivity (Wildman–Crippen MR) is 194 cm³/mol. The first-order valence-corrected chi connectivity index (χ1v) is 16.3. The number of aryl methyl sites for hydroxylation is 1. The van der Waals surface area contributed by atoms with Crippen LogP contribution in [0.4, 0.5) is 0 Å².